The Morgan fingerprint density at radius 1 is 1.03 bits per heavy atom. The summed E-state index contributed by atoms with van der Waals surface area (Å²) in [6.07, 6.45) is 6.57. The van der Waals surface area contributed by atoms with Gasteiger partial charge in [-0.1, -0.05) is 40.2 Å². The van der Waals surface area contributed by atoms with Gasteiger partial charge >= 0.3 is 0 Å². The quantitative estimate of drug-likeness (QED) is 0.353. The molecule has 2 aromatic carbocycles. The van der Waals surface area contributed by atoms with E-state index in [0.29, 0.717) is 23.7 Å². The lowest BCUT2D eigenvalue weighted by Gasteiger charge is -2.13. The largest absolute Gasteiger partial charge is 0.493 e. The van der Waals surface area contributed by atoms with E-state index in [2.05, 4.69) is 33.2 Å². The van der Waals surface area contributed by atoms with Gasteiger partial charge in [-0.25, -0.2) is 0 Å². The molecule has 2 fully saturated rings. The Morgan fingerprint density at radius 2 is 1.71 bits per heavy atom. The number of rotatable bonds is 6. The third-order valence-corrected chi connectivity index (χ3v) is 6.79. The third kappa shape index (κ3) is 3.57. The Kier molecular flexibility index (Phi) is 5.14. The molecule has 1 heterocycles. The lowest BCUT2D eigenvalue weighted by molar-refractivity contribution is -0.140. The molecule has 2 aliphatic carbocycles. The van der Waals surface area contributed by atoms with Crippen LogP contribution in [-0.2, 0) is 16.2 Å². The minimum absolute atomic E-state index is 0.175. The predicted molar refractivity (Wildman–Crippen MR) is 119 cm³/mol. The number of imide groups is 1. The van der Waals surface area contributed by atoms with Crippen molar-refractivity contribution in [2.45, 2.75) is 13.0 Å². The van der Waals surface area contributed by atoms with Gasteiger partial charge in [0.15, 0.2) is 11.5 Å². The van der Waals surface area contributed by atoms with Gasteiger partial charge in [0, 0.05) is 4.47 Å². The van der Waals surface area contributed by atoms with Crippen LogP contribution in [0.1, 0.15) is 17.5 Å². The van der Waals surface area contributed by atoms with Crippen LogP contribution >= 0.6 is 15.9 Å². The summed E-state index contributed by atoms with van der Waals surface area (Å²) in [5.41, 5.74) is 1.75. The monoisotopic (exact) mass is 480 g/mol. The number of amides is 2. The van der Waals surface area contributed by atoms with Crippen LogP contribution in [0.15, 0.2) is 64.2 Å². The lowest BCUT2D eigenvalue weighted by Crippen LogP contribution is -2.28. The highest BCUT2D eigenvalue weighted by Crippen LogP contribution is 2.52. The SMILES string of the molecule is COc1cc(C=NN2C(=O)C3C4C=CC(C4)C3C2=O)ccc1OCc1ccc(Br)cc1. The van der Waals surface area contributed by atoms with Gasteiger partial charge < -0.3 is 9.47 Å². The summed E-state index contributed by atoms with van der Waals surface area (Å²) in [6, 6.07) is 13.3. The number of hydrazone groups is 1. The molecular weight excluding hydrogens is 460 g/mol. The number of ether oxygens (including phenoxy) is 2. The van der Waals surface area contributed by atoms with E-state index in [1.807, 2.05) is 30.3 Å². The molecule has 0 radical (unpaired) electrons. The van der Waals surface area contributed by atoms with Gasteiger partial charge in [0.25, 0.3) is 11.8 Å². The van der Waals surface area contributed by atoms with E-state index in [-0.39, 0.29) is 35.5 Å². The van der Waals surface area contributed by atoms with Gasteiger partial charge in [0.1, 0.15) is 6.61 Å². The van der Waals surface area contributed by atoms with E-state index in [1.54, 1.807) is 19.2 Å². The van der Waals surface area contributed by atoms with Gasteiger partial charge in [-0.2, -0.15) is 10.1 Å². The van der Waals surface area contributed by atoms with Crippen LogP contribution < -0.4 is 9.47 Å². The molecule has 4 atom stereocenters. The number of halogens is 1. The summed E-state index contributed by atoms with van der Waals surface area (Å²) >= 11 is 3.42. The topological polar surface area (TPSA) is 68.2 Å². The molecule has 158 valence electrons. The average molecular weight is 481 g/mol. The average Bonchev–Trinajstić information content (AvgIpc) is 3.46. The molecule has 2 bridgehead atoms. The van der Waals surface area contributed by atoms with E-state index >= 15 is 0 Å². The molecule has 2 amide bonds. The Balaban J connectivity index is 1.29. The van der Waals surface area contributed by atoms with Crippen LogP contribution in [0.25, 0.3) is 0 Å². The summed E-state index contributed by atoms with van der Waals surface area (Å²) < 4.78 is 12.4. The van der Waals surface area contributed by atoms with Gasteiger partial charge in [0.2, 0.25) is 0 Å². The second-order valence-corrected chi connectivity index (χ2v) is 8.97. The van der Waals surface area contributed by atoms with Crippen molar-refractivity contribution in [3.05, 3.63) is 70.2 Å². The Morgan fingerprint density at radius 3 is 2.35 bits per heavy atom. The fraction of sp³-hybridized carbons (Fsp3) is 0.292. The molecule has 0 spiro atoms. The van der Waals surface area contributed by atoms with E-state index < -0.39 is 0 Å². The van der Waals surface area contributed by atoms with Crippen molar-refractivity contribution in [3.63, 3.8) is 0 Å². The summed E-state index contributed by atoms with van der Waals surface area (Å²) in [6.45, 7) is 0.410. The standard InChI is InChI=1S/C24H21BrN2O4/c1-30-20-10-15(4-9-19(20)31-13-14-2-7-18(25)8-3-14)12-26-27-23(28)21-16-5-6-17(11-16)22(21)24(27)29/h2-10,12,16-17,21-22H,11,13H2,1H3. The molecule has 31 heavy (non-hydrogen) atoms. The van der Waals surface area contributed by atoms with Crippen molar-refractivity contribution in [3.8, 4) is 11.5 Å². The van der Waals surface area contributed by atoms with Crippen molar-refractivity contribution in [2.24, 2.45) is 28.8 Å². The first-order chi connectivity index (χ1) is 15.0. The minimum Gasteiger partial charge on any atom is -0.493 e. The maximum absolute atomic E-state index is 12.7. The van der Waals surface area contributed by atoms with Gasteiger partial charge in [-0.05, 0) is 59.7 Å². The number of hydrogen-bond donors (Lipinski definition) is 0. The first-order valence-electron chi connectivity index (χ1n) is 10.2. The smallest absolute Gasteiger partial charge is 0.254 e. The maximum Gasteiger partial charge on any atom is 0.254 e. The number of methoxy groups -OCH3 is 1. The lowest BCUT2D eigenvalue weighted by atomic mass is 9.85. The van der Waals surface area contributed by atoms with Gasteiger partial charge in [-0.15, -0.1) is 0 Å². The summed E-state index contributed by atoms with van der Waals surface area (Å²) in [5, 5.41) is 5.27. The minimum atomic E-state index is -0.247. The molecule has 1 saturated heterocycles. The molecule has 0 N–H and O–H groups in total. The second kappa shape index (κ2) is 7.96. The van der Waals surface area contributed by atoms with Crippen LogP contribution in [0.4, 0.5) is 0 Å². The number of allylic oxidation sites excluding steroid dienone is 2. The van der Waals surface area contributed by atoms with Crippen molar-refractivity contribution < 1.29 is 19.1 Å². The van der Waals surface area contributed by atoms with Crippen LogP contribution in [0.3, 0.4) is 0 Å². The van der Waals surface area contributed by atoms with Crippen LogP contribution in [0.2, 0.25) is 0 Å². The number of benzene rings is 2. The second-order valence-electron chi connectivity index (χ2n) is 8.06. The molecule has 2 aromatic rings. The van der Waals surface area contributed by atoms with Crippen molar-refractivity contribution in [1.82, 2.24) is 5.01 Å². The molecule has 6 nitrogen and oxygen atoms in total. The summed E-state index contributed by atoms with van der Waals surface area (Å²) in [4.78, 5) is 25.5. The highest BCUT2D eigenvalue weighted by Gasteiger charge is 2.59. The normalized spacial score (nSPS) is 26.2. The fourth-order valence-corrected chi connectivity index (χ4v) is 5.01. The van der Waals surface area contributed by atoms with E-state index in [1.165, 1.54) is 6.21 Å². The molecule has 7 heteroatoms. The van der Waals surface area contributed by atoms with Gasteiger partial charge in [-0.3, -0.25) is 9.59 Å². The molecule has 1 aliphatic heterocycles. The van der Waals surface area contributed by atoms with Crippen molar-refractivity contribution in [2.75, 3.05) is 7.11 Å². The van der Waals surface area contributed by atoms with Gasteiger partial charge in [0.05, 0.1) is 25.2 Å². The van der Waals surface area contributed by atoms with Crippen molar-refractivity contribution >= 4 is 34.0 Å². The molecule has 1 saturated carbocycles. The summed E-state index contributed by atoms with van der Waals surface area (Å²) in [7, 11) is 1.57. The Labute approximate surface area is 188 Å². The zero-order valence-corrected chi connectivity index (χ0v) is 18.5. The number of carbonyl (C=O) groups excluding carboxylic acids is 2. The maximum atomic E-state index is 12.7. The number of nitrogens with zero attached hydrogens (tertiary/aromatic N) is 2. The third-order valence-electron chi connectivity index (χ3n) is 6.26. The predicted octanol–water partition coefficient (Wildman–Crippen LogP) is 4.18. The molecule has 4 unspecified atom stereocenters. The first-order valence-corrected chi connectivity index (χ1v) is 11.0. The molecule has 0 aromatic heterocycles. The summed E-state index contributed by atoms with van der Waals surface area (Å²) in [5.74, 6) is 0.635. The van der Waals surface area contributed by atoms with Crippen LogP contribution in [0.5, 0.6) is 11.5 Å². The number of fused-ring (bicyclic) bond motifs is 5. The van der Waals surface area contributed by atoms with E-state index in [0.717, 1.165) is 21.5 Å². The Hall–Kier alpha value is -2.93. The highest BCUT2D eigenvalue weighted by molar-refractivity contribution is 9.10. The zero-order chi connectivity index (χ0) is 21.5. The zero-order valence-electron chi connectivity index (χ0n) is 16.9. The fourth-order valence-electron chi connectivity index (χ4n) is 4.75. The molecular formula is C24H21BrN2O4. The molecule has 5 rings (SSSR count). The first kappa shape index (κ1) is 20.0. The number of hydrogen-bond acceptors (Lipinski definition) is 5. The Bertz CT molecular complexity index is 1070. The molecule has 3 aliphatic rings. The van der Waals surface area contributed by atoms with E-state index in [9.17, 15) is 9.59 Å². The highest BCUT2D eigenvalue weighted by atomic mass is 79.9. The van der Waals surface area contributed by atoms with Crippen molar-refractivity contribution in [1.29, 1.82) is 0 Å². The van der Waals surface area contributed by atoms with E-state index in [4.69, 9.17) is 9.47 Å². The number of carbonyl (C=O) groups is 2. The van der Waals surface area contributed by atoms with Crippen LogP contribution in [-0.4, -0.2) is 30.1 Å². The van der Waals surface area contributed by atoms with Crippen LogP contribution in [0, 0.1) is 23.7 Å².